The first-order valence-electron chi connectivity index (χ1n) is 9.44. The van der Waals surface area contributed by atoms with Crippen LogP contribution in [0.1, 0.15) is 44.1 Å². The van der Waals surface area contributed by atoms with Crippen molar-refractivity contribution in [1.82, 2.24) is 10.2 Å². The topological polar surface area (TPSA) is 69.6 Å². The number of nitrogens with one attached hydrogen (secondary N) is 1. The molecule has 0 radical (unpaired) electrons. The van der Waals surface area contributed by atoms with Gasteiger partial charge in [0.05, 0.1) is 6.54 Å². The van der Waals surface area contributed by atoms with Crippen LogP contribution in [0.5, 0.6) is 0 Å². The molecule has 1 saturated carbocycles. The number of hydrogen-bond acceptors (Lipinski definition) is 3. The van der Waals surface area contributed by atoms with Crippen molar-refractivity contribution < 1.29 is 14.7 Å². The normalized spacial score (nSPS) is 26.2. The number of aliphatic carboxylic acids is 1. The summed E-state index contributed by atoms with van der Waals surface area (Å²) in [6.45, 7) is 0.844. The van der Waals surface area contributed by atoms with Crippen LogP contribution < -0.4 is 5.32 Å². The number of aryl methyl sites for hydroxylation is 1. The van der Waals surface area contributed by atoms with Gasteiger partial charge in [0.2, 0.25) is 5.91 Å². The second-order valence-electron chi connectivity index (χ2n) is 7.31. The van der Waals surface area contributed by atoms with E-state index in [4.69, 9.17) is 0 Å². The number of likely N-dealkylation sites (tertiary alicyclic amines) is 1. The first-order chi connectivity index (χ1) is 12.1. The van der Waals surface area contributed by atoms with Crippen LogP contribution in [0.4, 0.5) is 0 Å². The summed E-state index contributed by atoms with van der Waals surface area (Å²) in [6.07, 6.45) is 6.98. The number of carboxylic acids is 1. The molecule has 25 heavy (non-hydrogen) atoms. The molecule has 1 amide bonds. The zero-order valence-electron chi connectivity index (χ0n) is 14.7. The zero-order chi connectivity index (χ0) is 17.6. The van der Waals surface area contributed by atoms with Crippen LogP contribution in [-0.4, -0.2) is 47.1 Å². The first kappa shape index (κ1) is 17.9. The van der Waals surface area contributed by atoms with Gasteiger partial charge in [-0.05, 0) is 43.6 Å². The van der Waals surface area contributed by atoms with Gasteiger partial charge in [0, 0.05) is 12.6 Å². The van der Waals surface area contributed by atoms with Crippen molar-refractivity contribution >= 4 is 11.9 Å². The van der Waals surface area contributed by atoms with Gasteiger partial charge >= 0.3 is 5.97 Å². The summed E-state index contributed by atoms with van der Waals surface area (Å²) in [5, 5.41) is 12.5. The van der Waals surface area contributed by atoms with Crippen molar-refractivity contribution in [3.05, 3.63) is 35.9 Å². The molecule has 0 aromatic heterocycles. The van der Waals surface area contributed by atoms with E-state index in [1.165, 1.54) is 12.0 Å². The average molecular weight is 344 g/mol. The van der Waals surface area contributed by atoms with E-state index in [9.17, 15) is 14.7 Å². The molecule has 3 atom stereocenters. The maximum absolute atomic E-state index is 12.3. The number of hydrogen-bond donors (Lipinski definition) is 2. The van der Waals surface area contributed by atoms with E-state index in [-0.39, 0.29) is 18.5 Å². The van der Waals surface area contributed by atoms with Crippen LogP contribution in [0.3, 0.4) is 0 Å². The van der Waals surface area contributed by atoms with Crippen LogP contribution >= 0.6 is 0 Å². The highest BCUT2D eigenvalue weighted by Gasteiger charge is 2.45. The Morgan fingerprint density at radius 3 is 2.68 bits per heavy atom. The number of rotatable bonds is 7. The maximum Gasteiger partial charge on any atom is 0.320 e. The lowest BCUT2D eigenvalue weighted by molar-refractivity contribution is -0.143. The molecular formula is C20H28N2O3. The number of nitrogens with zero attached hydrogens (tertiary/aromatic N) is 1. The summed E-state index contributed by atoms with van der Waals surface area (Å²) in [7, 11) is 0. The largest absolute Gasteiger partial charge is 0.480 e. The molecule has 136 valence electrons. The molecule has 2 aliphatic rings. The molecule has 0 spiro atoms. The summed E-state index contributed by atoms with van der Waals surface area (Å²) in [6, 6.07) is 9.99. The number of carbonyl (C=O) groups is 2. The van der Waals surface area contributed by atoms with Gasteiger partial charge in [0.15, 0.2) is 0 Å². The zero-order valence-corrected chi connectivity index (χ0v) is 14.7. The van der Waals surface area contributed by atoms with Crippen LogP contribution in [-0.2, 0) is 16.0 Å². The van der Waals surface area contributed by atoms with E-state index in [0.717, 1.165) is 32.1 Å². The molecule has 1 saturated heterocycles. The van der Waals surface area contributed by atoms with Gasteiger partial charge in [-0.25, -0.2) is 0 Å². The molecule has 5 heteroatoms. The predicted molar refractivity (Wildman–Crippen MR) is 96.3 cm³/mol. The van der Waals surface area contributed by atoms with Crippen molar-refractivity contribution in [1.29, 1.82) is 0 Å². The Balaban J connectivity index is 1.46. The predicted octanol–water partition coefficient (Wildman–Crippen LogP) is 2.45. The number of carbonyl (C=O) groups excluding carboxylic acids is 1. The minimum absolute atomic E-state index is 0.0504. The fourth-order valence-electron chi connectivity index (χ4n) is 4.41. The third-order valence-corrected chi connectivity index (χ3v) is 5.64. The van der Waals surface area contributed by atoms with Crippen LogP contribution in [0.15, 0.2) is 30.3 Å². The molecule has 5 nitrogen and oxygen atoms in total. The molecule has 2 fully saturated rings. The van der Waals surface area contributed by atoms with Gasteiger partial charge in [-0.2, -0.15) is 0 Å². The second-order valence-corrected chi connectivity index (χ2v) is 7.31. The fourth-order valence-corrected chi connectivity index (χ4v) is 4.41. The lowest BCUT2D eigenvalue weighted by Crippen LogP contribution is -2.47. The molecular weight excluding hydrogens is 316 g/mol. The van der Waals surface area contributed by atoms with Crippen molar-refractivity contribution in [2.45, 2.75) is 57.0 Å². The molecule has 1 aliphatic carbocycles. The lowest BCUT2D eigenvalue weighted by Gasteiger charge is -2.32. The summed E-state index contributed by atoms with van der Waals surface area (Å²) >= 11 is 0. The SMILES string of the molecule is O=C(CN1C(C(=O)O)CC2CCCCC21)NCCCc1ccccc1. The monoisotopic (exact) mass is 344 g/mol. The Hall–Kier alpha value is -1.88. The molecule has 0 bridgehead atoms. The molecule has 3 unspecified atom stereocenters. The van der Waals surface area contributed by atoms with Crippen LogP contribution in [0.2, 0.25) is 0 Å². The van der Waals surface area contributed by atoms with Gasteiger partial charge in [0.25, 0.3) is 0 Å². The molecule has 1 aromatic carbocycles. The number of fused-ring (bicyclic) bond motifs is 1. The van der Waals surface area contributed by atoms with Crippen molar-refractivity contribution in [3.8, 4) is 0 Å². The number of benzene rings is 1. The van der Waals surface area contributed by atoms with E-state index in [1.807, 2.05) is 23.1 Å². The summed E-state index contributed by atoms with van der Waals surface area (Å²) in [5.74, 6) is -0.391. The van der Waals surface area contributed by atoms with Gasteiger partial charge in [-0.1, -0.05) is 43.2 Å². The Kier molecular flexibility index (Phi) is 6.08. The highest BCUT2D eigenvalue weighted by Crippen LogP contribution is 2.39. The summed E-state index contributed by atoms with van der Waals surface area (Å²) in [5.41, 5.74) is 1.27. The highest BCUT2D eigenvalue weighted by atomic mass is 16.4. The second kappa shape index (κ2) is 8.48. The Morgan fingerprint density at radius 2 is 1.92 bits per heavy atom. The van der Waals surface area contributed by atoms with Crippen molar-refractivity contribution in [2.75, 3.05) is 13.1 Å². The smallest absolute Gasteiger partial charge is 0.320 e. The van der Waals surface area contributed by atoms with E-state index in [0.29, 0.717) is 18.9 Å². The summed E-state index contributed by atoms with van der Waals surface area (Å²) in [4.78, 5) is 25.8. The van der Waals surface area contributed by atoms with Crippen molar-refractivity contribution in [3.63, 3.8) is 0 Å². The lowest BCUT2D eigenvalue weighted by atomic mass is 9.85. The van der Waals surface area contributed by atoms with E-state index < -0.39 is 12.0 Å². The van der Waals surface area contributed by atoms with Gasteiger partial charge in [-0.15, -0.1) is 0 Å². The standard InChI is InChI=1S/C20H28N2O3/c23-19(21-12-6-9-15-7-2-1-3-8-15)14-22-17-11-5-4-10-16(17)13-18(22)20(24)25/h1-3,7-8,16-18H,4-6,9-14H2,(H,21,23)(H,24,25). The first-order valence-corrected chi connectivity index (χ1v) is 9.44. The molecule has 3 rings (SSSR count). The third-order valence-electron chi connectivity index (χ3n) is 5.64. The van der Waals surface area contributed by atoms with Crippen LogP contribution in [0.25, 0.3) is 0 Å². The Morgan fingerprint density at radius 1 is 1.16 bits per heavy atom. The molecule has 2 N–H and O–H groups in total. The Bertz CT molecular complexity index is 590. The van der Waals surface area contributed by atoms with Gasteiger partial charge in [-0.3, -0.25) is 14.5 Å². The maximum atomic E-state index is 12.3. The van der Waals surface area contributed by atoms with E-state index >= 15 is 0 Å². The number of amides is 1. The molecule has 1 heterocycles. The van der Waals surface area contributed by atoms with Gasteiger partial charge < -0.3 is 10.4 Å². The fraction of sp³-hybridized carbons (Fsp3) is 0.600. The minimum Gasteiger partial charge on any atom is -0.480 e. The number of carboxylic acid groups (broad SMARTS) is 1. The molecule has 1 aliphatic heterocycles. The third kappa shape index (κ3) is 4.60. The highest BCUT2D eigenvalue weighted by molar-refractivity contribution is 5.80. The average Bonchev–Trinajstić information content (AvgIpc) is 2.99. The van der Waals surface area contributed by atoms with E-state index in [2.05, 4.69) is 17.4 Å². The van der Waals surface area contributed by atoms with Gasteiger partial charge in [0.1, 0.15) is 6.04 Å². The van der Waals surface area contributed by atoms with Crippen LogP contribution in [0, 0.1) is 5.92 Å². The molecule has 1 aromatic rings. The van der Waals surface area contributed by atoms with Crippen molar-refractivity contribution in [2.24, 2.45) is 5.92 Å². The van der Waals surface area contributed by atoms with E-state index in [1.54, 1.807) is 0 Å². The quantitative estimate of drug-likeness (QED) is 0.746. The summed E-state index contributed by atoms with van der Waals surface area (Å²) < 4.78 is 0. The minimum atomic E-state index is -0.786. The Labute approximate surface area is 149 Å².